The van der Waals surface area contributed by atoms with E-state index in [0.717, 1.165) is 39.3 Å². The van der Waals surface area contributed by atoms with Crippen molar-refractivity contribution < 1.29 is 4.79 Å². The second kappa shape index (κ2) is 8.87. The zero-order chi connectivity index (χ0) is 22.1. The Morgan fingerprint density at radius 1 is 0.969 bits per heavy atom. The fourth-order valence-corrected chi connectivity index (χ4v) is 5.55. The molecule has 5 rings (SSSR count). The molecule has 1 aromatic heterocycles. The van der Waals surface area contributed by atoms with Gasteiger partial charge in [0.1, 0.15) is 0 Å². The Kier molecular flexibility index (Phi) is 5.79. The lowest BCUT2D eigenvalue weighted by Gasteiger charge is -2.22. The number of thiazole rings is 1. The normalized spacial score (nSPS) is 13.3. The first-order chi connectivity index (χ1) is 15.6. The van der Waals surface area contributed by atoms with Gasteiger partial charge in [-0.2, -0.15) is 0 Å². The van der Waals surface area contributed by atoms with Crippen molar-refractivity contribution in [2.45, 2.75) is 52.0 Å². The van der Waals surface area contributed by atoms with Crippen LogP contribution in [0.15, 0.2) is 66.7 Å². The highest BCUT2D eigenvalue weighted by atomic mass is 32.1. The van der Waals surface area contributed by atoms with Crippen LogP contribution in [-0.4, -0.2) is 10.9 Å². The Morgan fingerprint density at radius 3 is 2.53 bits per heavy atom. The Morgan fingerprint density at radius 2 is 1.75 bits per heavy atom. The van der Waals surface area contributed by atoms with E-state index in [1.54, 1.807) is 11.3 Å². The van der Waals surface area contributed by atoms with Gasteiger partial charge in [0.15, 0.2) is 5.13 Å². The van der Waals surface area contributed by atoms with Crippen LogP contribution in [0, 0.1) is 0 Å². The molecule has 1 heterocycles. The summed E-state index contributed by atoms with van der Waals surface area (Å²) in [6, 6.07) is 22.8. The molecule has 0 fully saturated rings. The van der Waals surface area contributed by atoms with Crippen molar-refractivity contribution in [2.24, 2.45) is 0 Å². The second-order valence-electron chi connectivity index (χ2n) is 8.91. The number of rotatable bonds is 5. The van der Waals surface area contributed by atoms with Gasteiger partial charge in [-0.3, -0.25) is 9.69 Å². The molecule has 0 bridgehead atoms. The topological polar surface area (TPSA) is 33.2 Å². The number of nitrogens with zero attached hydrogens (tertiary/aromatic N) is 2. The van der Waals surface area contributed by atoms with Gasteiger partial charge in [0.2, 0.25) is 0 Å². The first-order valence-corrected chi connectivity index (χ1v) is 12.3. The van der Waals surface area contributed by atoms with Crippen LogP contribution in [0.1, 0.15) is 65.2 Å². The molecule has 162 valence electrons. The summed E-state index contributed by atoms with van der Waals surface area (Å²) in [6.45, 7) is 4.88. The maximum absolute atomic E-state index is 13.8. The van der Waals surface area contributed by atoms with E-state index < -0.39 is 0 Å². The smallest absolute Gasteiger partial charge is 0.260 e. The van der Waals surface area contributed by atoms with E-state index in [-0.39, 0.29) is 5.91 Å². The number of fused-ring (bicyclic) bond motifs is 2. The predicted octanol–water partition coefficient (Wildman–Crippen LogP) is 7.15. The third-order valence-corrected chi connectivity index (χ3v) is 7.36. The minimum atomic E-state index is 0.0207. The molecule has 0 unspecified atom stereocenters. The van der Waals surface area contributed by atoms with Crippen molar-refractivity contribution in [3.05, 3.63) is 94.5 Å². The minimum absolute atomic E-state index is 0.0207. The van der Waals surface area contributed by atoms with E-state index >= 15 is 0 Å². The van der Waals surface area contributed by atoms with Crippen LogP contribution in [0.5, 0.6) is 0 Å². The van der Waals surface area contributed by atoms with Crippen molar-refractivity contribution >= 4 is 32.6 Å². The van der Waals surface area contributed by atoms with E-state index in [9.17, 15) is 4.79 Å². The Labute approximate surface area is 193 Å². The van der Waals surface area contributed by atoms with Crippen LogP contribution < -0.4 is 4.90 Å². The minimum Gasteiger partial charge on any atom is -0.279 e. The first kappa shape index (κ1) is 20.9. The van der Waals surface area contributed by atoms with Crippen LogP contribution in [0.3, 0.4) is 0 Å². The molecule has 0 radical (unpaired) electrons. The number of benzene rings is 3. The molecule has 0 saturated heterocycles. The molecule has 1 amide bonds. The molecule has 0 N–H and O–H groups in total. The zero-order valence-corrected chi connectivity index (χ0v) is 19.5. The molecule has 4 aromatic rings. The van der Waals surface area contributed by atoms with Gasteiger partial charge in [-0.05, 0) is 72.1 Å². The van der Waals surface area contributed by atoms with Gasteiger partial charge in [-0.25, -0.2) is 4.98 Å². The van der Waals surface area contributed by atoms with E-state index in [1.807, 2.05) is 29.2 Å². The average molecular weight is 441 g/mol. The van der Waals surface area contributed by atoms with Gasteiger partial charge < -0.3 is 0 Å². The summed E-state index contributed by atoms with van der Waals surface area (Å²) in [4.78, 5) is 20.7. The van der Waals surface area contributed by atoms with Crippen LogP contribution in [0.4, 0.5) is 5.13 Å². The lowest BCUT2D eigenvalue weighted by atomic mass is 9.90. The Hall–Kier alpha value is -2.98. The molecule has 1 aliphatic rings. The SMILES string of the molecule is CC(C)c1cccc2sc(N(Cc3ccccc3)C(=O)c3ccc4c(c3)CCCC4)nc12. The third kappa shape index (κ3) is 4.07. The number of anilines is 1. The van der Waals surface area contributed by atoms with Crippen LogP contribution in [0.25, 0.3) is 10.2 Å². The summed E-state index contributed by atoms with van der Waals surface area (Å²) in [5.74, 6) is 0.403. The molecule has 3 aromatic carbocycles. The van der Waals surface area contributed by atoms with Gasteiger partial charge in [0.05, 0.1) is 16.8 Å². The molecular formula is C28H28N2OS. The summed E-state index contributed by atoms with van der Waals surface area (Å²) >= 11 is 1.60. The van der Waals surface area contributed by atoms with Crippen molar-refractivity contribution in [2.75, 3.05) is 4.90 Å². The maximum Gasteiger partial charge on any atom is 0.260 e. The van der Waals surface area contributed by atoms with Crippen LogP contribution >= 0.6 is 11.3 Å². The van der Waals surface area contributed by atoms with E-state index in [0.29, 0.717) is 12.5 Å². The summed E-state index contributed by atoms with van der Waals surface area (Å²) in [7, 11) is 0. The number of aromatic nitrogens is 1. The van der Waals surface area contributed by atoms with E-state index in [1.165, 1.54) is 29.5 Å². The highest BCUT2D eigenvalue weighted by Crippen LogP contribution is 2.35. The van der Waals surface area contributed by atoms with Gasteiger partial charge in [0.25, 0.3) is 5.91 Å². The number of carbonyl (C=O) groups is 1. The number of para-hydroxylation sites is 1. The highest BCUT2D eigenvalue weighted by Gasteiger charge is 2.24. The molecular weight excluding hydrogens is 412 g/mol. The third-order valence-electron chi connectivity index (χ3n) is 6.32. The number of amides is 1. The first-order valence-electron chi connectivity index (χ1n) is 11.5. The van der Waals surface area contributed by atoms with Gasteiger partial charge >= 0.3 is 0 Å². The second-order valence-corrected chi connectivity index (χ2v) is 9.92. The molecule has 0 atom stereocenters. The van der Waals surface area contributed by atoms with Gasteiger partial charge in [0, 0.05) is 5.56 Å². The van der Waals surface area contributed by atoms with Gasteiger partial charge in [-0.1, -0.05) is 73.7 Å². The van der Waals surface area contributed by atoms with Crippen LogP contribution in [-0.2, 0) is 19.4 Å². The van der Waals surface area contributed by atoms with Crippen molar-refractivity contribution in [3.63, 3.8) is 0 Å². The van der Waals surface area contributed by atoms with E-state index in [2.05, 4.69) is 56.3 Å². The maximum atomic E-state index is 13.8. The monoisotopic (exact) mass is 440 g/mol. The molecule has 0 spiro atoms. The van der Waals surface area contributed by atoms with Crippen molar-refractivity contribution in [3.8, 4) is 0 Å². The molecule has 4 heteroatoms. The Bertz CT molecular complexity index is 1260. The fraction of sp³-hybridized carbons (Fsp3) is 0.286. The summed E-state index contributed by atoms with van der Waals surface area (Å²) in [5.41, 5.74) is 6.81. The number of hydrogen-bond acceptors (Lipinski definition) is 3. The number of aryl methyl sites for hydroxylation is 2. The zero-order valence-electron chi connectivity index (χ0n) is 18.7. The van der Waals surface area contributed by atoms with E-state index in [4.69, 9.17) is 4.98 Å². The quantitative estimate of drug-likeness (QED) is 0.330. The summed E-state index contributed by atoms with van der Waals surface area (Å²) < 4.78 is 1.13. The molecule has 1 aliphatic carbocycles. The lowest BCUT2D eigenvalue weighted by Crippen LogP contribution is -2.30. The van der Waals surface area contributed by atoms with Crippen LogP contribution in [0.2, 0.25) is 0 Å². The highest BCUT2D eigenvalue weighted by molar-refractivity contribution is 7.22. The summed E-state index contributed by atoms with van der Waals surface area (Å²) in [6.07, 6.45) is 4.62. The predicted molar refractivity (Wildman–Crippen MR) is 134 cm³/mol. The molecule has 3 nitrogen and oxygen atoms in total. The number of hydrogen-bond donors (Lipinski definition) is 0. The summed E-state index contributed by atoms with van der Waals surface area (Å²) in [5, 5.41) is 0.764. The van der Waals surface area contributed by atoms with Gasteiger partial charge in [-0.15, -0.1) is 0 Å². The molecule has 32 heavy (non-hydrogen) atoms. The molecule has 0 aliphatic heterocycles. The lowest BCUT2D eigenvalue weighted by molar-refractivity contribution is 0.0985. The number of carbonyl (C=O) groups excluding carboxylic acids is 1. The van der Waals surface area contributed by atoms with Crippen molar-refractivity contribution in [1.82, 2.24) is 4.98 Å². The van der Waals surface area contributed by atoms with Crippen molar-refractivity contribution in [1.29, 1.82) is 0 Å². The Balaban J connectivity index is 1.57. The molecule has 0 saturated carbocycles. The largest absolute Gasteiger partial charge is 0.279 e. The average Bonchev–Trinajstić information content (AvgIpc) is 3.26. The standard InChI is InChI=1S/C28H28N2OS/c1-19(2)24-13-8-14-25-26(24)29-28(32-25)30(18-20-9-4-3-5-10-20)27(31)23-16-15-21-11-6-7-12-22(21)17-23/h3-5,8-10,13-17,19H,6-7,11-12,18H2,1-2H3. The fourth-order valence-electron chi connectivity index (χ4n) is 4.55.